The van der Waals surface area contributed by atoms with Gasteiger partial charge in [0.15, 0.2) is 11.6 Å². The number of anilines is 1. The molecule has 3 heterocycles. The summed E-state index contributed by atoms with van der Waals surface area (Å²) >= 11 is 3.07. The van der Waals surface area contributed by atoms with Gasteiger partial charge in [0.05, 0.1) is 4.47 Å². The van der Waals surface area contributed by atoms with Crippen LogP contribution >= 0.6 is 15.9 Å². The number of rotatable bonds is 1. The average molecular weight is 333 g/mol. The van der Waals surface area contributed by atoms with Crippen LogP contribution in [0.3, 0.4) is 0 Å². The minimum absolute atomic E-state index is 0.0175. The summed E-state index contributed by atoms with van der Waals surface area (Å²) in [4.78, 5) is 17.4. The lowest BCUT2D eigenvalue weighted by atomic mass is 10.3. The largest absolute Gasteiger partial charge is 0.586 e. The number of amides is 1. The fourth-order valence-electron chi connectivity index (χ4n) is 2.55. The second kappa shape index (κ2) is 3.36. The highest BCUT2D eigenvalue weighted by atomic mass is 79.9. The van der Waals surface area contributed by atoms with Crippen LogP contribution in [0.4, 0.5) is 14.6 Å². The molecular formula is C11H7BrF2N2O3. The molecule has 1 aromatic rings. The Morgan fingerprint density at radius 2 is 2.16 bits per heavy atom. The van der Waals surface area contributed by atoms with E-state index in [1.807, 2.05) is 0 Å². The molecule has 4 rings (SSSR count). The molecule has 19 heavy (non-hydrogen) atoms. The van der Waals surface area contributed by atoms with Crippen LogP contribution in [0.5, 0.6) is 11.5 Å². The number of alkyl halides is 2. The predicted octanol–water partition coefficient (Wildman–Crippen LogP) is 2.15. The van der Waals surface area contributed by atoms with Gasteiger partial charge in [-0.3, -0.25) is 9.69 Å². The lowest BCUT2D eigenvalue weighted by Crippen LogP contribution is -2.30. The van der Waals surface area contributed by atoms with Gasteiger partial charge in [-0.25, -0.2) is 4.98 Å². The summed E-state index contributed by atoms with van der Waals surface area (Å²) in [7, 11) is 0. The van der Waals surface area contributed by atoms with E-state index in [0.717, 1.165) is 6.42 Å². The van der Waals surface area contributed by atoms with Crippen molar-refractivity contribution >= 4 is 27.7 Å². The lowest BCUT2D eigenvalue weighted by molar-refractivity contribution is -0.286. The molecule has 100 valence electrons. The topological polar surface area (TPSA) is 51.7 Å². The molecule has 1 saturated heterocycles. The molecule has 2 atom stereocenters. The van der Waals surface area contributed by atoms with Crippen molar-refractivity contribution in [3.63, 3.8) is 0 Å². The van der Waals surface area contributed by atoms with E-state index in [4.69, 9.17) is 0 Å². The lowest BCUT2D eigenvalue weighted by Gasteiger charge is -2.18. The molecule has 3 aliphatic rings. The first kappa shape index (κ1) is 11.4. The van der Waals surface area contributed by atoms with E-state index in [9.17, 15) is 13.6 Å². The third-order valence-corrected chi connectivity index (χ3v) is 4.11. The van der Waals surface area contributed by atoms with Crippen molar-refractivity contribution in [2.45, 2.75) is 12.7 Å². The van der Waals surface area contributed by atoms with Crippen LogP contribution in [-0.2, 0) is 4.79 Å². The summed E-state index contributed by atoms with van der Waals surface area (Å²) in [6, 6.07) is 0. The van der Waals surface area contributed by atoms with Gasteiger partial charge in [-0.05, 0) is 28.3 Å². The van der Waals surface area contributed by atoms with Gasteiger partial charge in [-0.2, -0.15) is 0 Å². The van der Waals surface area contributed by atoms with Crippen LogP contribution < -0.4 is 14.4 Å². The number of nitrogens with zero attached hydrogens (tertiary/aromatic N) is 2. The SMILES string of the molecule is O=C1[C@@H]2C[C@@H]2CN1c1ncc(Br)c2c1OC(F)(F)O2. The molecule has 0 bridgehead atoms. The van der Waals surface area contributed by atoms with Crippen molar-refractivity contribution in [2.24, 2.45) is 11.8 Å². The third-order valence-electron chi connectivity index (χ3n) is 3.55. The highest BCUT2D eigenvalue weighted by Crippen LogP contribution is 2.53. The van der Waals surface area contributed by atoms with E-state index in [-0.39, 0.29) is 33.6 Å². The summed E-state index contributed by atoms with van der Waals surface area (Å²) in [6.45, 7) is 0.500. The van der Waals surface area contributed by atoms with E-state index in [2.05, 4.69) is 30.4 Å². The Hall–Kier alpha value is -1.44. The molecule has 1 aromatic heterocycles. The molecule has 0 unspecified atom stereocenters. The molecular weight excluding hydrogens is 326 g/mol. The molecule has 0 N–H and O–H groups in total. The van der Waals surface area contributed by atoms with Gasteiger partial charge in [-0.15, -0.1) is 8.78 Å². The summed E-state index contributed by atoms with van der Waals surface area (Å²) in [5.74, 6) is 0.0474. The Morgan fingerprint density at radius 3 is 2.84 bits per heavy atom. The van der Waals surface area contributed by atoms with Crippen LogP contribution in [0.1, 0.15) is 6.42 Å². The molecule has 0 aromatic carbocycles. The number of fused-ring (bicyclic) bond motifs is 2. The average Bonchev–Trinajstić information content (AvgIpc) is 2.93. The number of carbonyl (C=O) groups excluding carboxylic acids is 1. The van der Waals surface area contributed by atoms with Gasteiger partial charge in [-0.1, -0.05) is 0 Å². The van der Waals surface area contributed by atoms with Gasteiger partial charge >= 0.3 is 6.29 Å². The summed E-state index contributed by atoms with van der Waals surface area (Å²) in [5, 5.41) is 0. The fraction of sp³-hybridized carbons (Fsp3) is 0.455. The molecule has 2 aliphatic heterocycles. The van der Waals surface area contributed by atoms with Gasteiger partial charge in [0, 0.05) is 18.7 Å². The van der Waals surface area contributed by atoms with Crippen LogP contribution in [0.15, 0.2) is 10.7 Å². The number of piperidine rings is 1. The van der Waals surface area contributed by atoms with Crippen molar-refractivity contribution in [1.82, 2.24) is 4.98 Å². The van der Waals surface area contributed by atoms with Crippen molar-refractivity contribution < 1.29 is 23.0 Å². The number of pyridine rings is 1. The highest BCUT2D eigenvalue weighted by Gasteiger charge is 2.55. The molecule has 2 fully saturated rings. The summed E-state index contributed by atoms with van der Waals surface area (Å²) in [5.41, 5.74) is 0. The fourth-order valence-corrected chi connectivity index (χ4v) is 2.91. The minimum atomic E-state index is -3.73. The first-order valence-corrected chi connectivity index (χ1v) is 6.51. The zero-order valence-electron chi connectivity index (χ0n) is 9.40. The first-order valence-electron chi connectivity index (χ1n) is 5.72. The number of hydrogen-bond acceptors (Lipinski definition) is 4. The Bertz CT molecular complexity index is 610. The van der Waals surface area contributed by atoms with E-state index in [0.29, 0.717) is 12.5 Å². The first-order chi connectivity index (χ1) is 8.96. The monoisotopic (exact) mass is 332 g/mol. The summed E-state index contributed by atoms with van der Waals surface area (Å²) in [6.07, 6.45) is -1.52. The van der Waals surface area contributed by atoms with Gasteiger partial charge in [0.2, 0.25) is 11.7 Å². The smallest absolute Gasteiger partial charge is 0.394 e. The van der Waals surface area contributed by atoms with Crippen LogP contribution in [0.25, 0.3) is 0 Å². The second-order valence-corrected chi connectivity index (χ2v) is 5.66. The Morgan fingerprint density at radius 1 is 1.42 bits per heavy atom. The van der Waals surface area contributed by atoms with Gasteiger partial charge in [0.1, 0.15) is 0 Å². The van der Waals surface area contributed by atoms with Crippen molar-refractivity contribution in [3.8, 4) is 11.5 Å². The van der Waals surface area contributed by atoms with Crippen molar-refractivity contribution in [3.05, 3.63) is 10.7 Å². The van der Waals surface area contributed by atoms with Crippen LogP contribution in [-0.4, -0.2) is 23.7 Å². The maximum atomic E-state index is 13.2. The van der Waals surface area contributed by atoms with E-state index >= 15 is 0 Å². The predicted molar refractivity (Wildman–Crippen MR) is 62.1 cm³/mol. The molecule has 1 aliphatic carbocycles. The minimum Gasteiger partial charge on any atom is -0.394 e. The maximum absolute atomic E-state index is 13.2. The molecule has 1 amide bonds. The number of aromatic nitrogens is 1. The molecule has 0 spiro atoms. The normalized spacial score (nSPS) is 29.6. The van der Waals surface area contributed by atoms with E-state index < -0.39 is 6.29 Å². The van der Waals surface area contributed by atoms with Crippen molar-refractivity contribution in [2.75, 3.05) is 11.4 Å². The molecule has 1 saturated carbocycles. The number of carbonyl (C=O) groups is 1. The maximum Gasteiger partial charge on any atom is 0.586 e. The zero-order valence-corrected chi connectivity index (χ0v) is 11.0. The second-order valence-electron chi connectivity index (χ2n) is 4.81. The summed E-state index contributed by atoms with van der Waals surface area (Å²) < 4.78 is 35.5. The molecule has 8 heteroatoms. The van der Waals surface area contributed by atoms with Crippen LogP contribution in [0.2, 0.25) is 0 Å². The molecule has 0 radical (unpaired) electrons. The third kappa shape index (κ3) is 1.55. The molecule has 5 nitrogen and oxygen atoms in total. The standard InChI is InChI=1S/C11H7BrF2N2O3/c12-6-2-15-9(8-7(6)18-11(13,14)19-8)16-3-4-1-5(4)10(16)17/h2,4-5H,1,3H2/t4-,5-/m1/s1. The van der Waals surface area contributed by atoms with E-state index in [1.165, 1.54) is 11.1 Å². The Balaban J connectivity index is 1.79. The zero-order chi connectivity index (χ0) is 13.4. The van der Waals surface area contributed by atoms with Gasteiger partial charge < -0.3 is 9.47 Å². The van der Waals surface area contributed by atoms with Crippen molar-refractivity contribution in [1.29, 1.82) is 0 Å². The van der Waals surface area contributed by atoms with E-state index in [1.54, 1.807) is 0 Å². The quantitative estimate of drug-likeness (QED) is 0.790. The Labute approximate surface area is 114 Å². The number of halogens is 3. The highest BCUT2D eigenvalue weighted by molar-refractivity contribution is 9.10. The Kier molecular flexibility index (Phi) is 2.01. The number of hydrogen-bond donors (Lipinski definition) is 0. The number of ether oxygens (including phenoxy) is 2. The van der Waals surface area contributed by atoms with Crippen LogP contribution in [0, 0.1) is 11.8 Å². The van der Waals surface area contributed by atoms with Gasteiger partial charge in [0.25, 0.3) is 0 Å².